The summed E-state index contributed by atoms with van der Waals surface area (Å²) in [5.74, 6) is 0.458. The highest BCUT2D eigenvalue weighted by Crippen LogP contribution is 2.28. The zero-order chi connectivity index (χ0) is 24.3. The fraction of sp³-hybridized carbons (Fsp3) is 0.320. The quantitative estimate of drug-likeness (QED) is 0.365. The van der Waals surface area contributed by atoms with Crippen LogP contribution in [0.4, 0.5) is 5.69 Å². The number of methoxy groups -OCH3 is 2. The van der Waals surface area contributed by atoms with Crippen LogP contribution in [0.3, 0.4) is 0 Å². The van der Waals surface area contributed by atoms with Gasteiger partial charge in [0, 0.05) is 37.0 Å². The monoisotopic (exact) mass is 467 g/mol. The van der Waals surface area contributed by atoms with Gasteiger partial charge in [0.05, 0.1) is 14.2 Å². The molecule has 1 fully saturated rings. The maximum atomic E-state index is 12.3. The van der Waals surface area contributed by atoms with Gasteiger partial charge in [-0.2, -0.15) is 0 Å². The summed E-state index contributed by atoms with van der Waals surface area (Å²) in [4.78, 5) is 36.4. The van der Waals surface area contributed by atoms with Gasteiger partial charge in [0.1, 0.15) is 6.10 Å². The summed E-state index contributed by atoms with van der Waals surface area (Å²) < 4.78 is 15.8. The van der Waals surface area contributed by atoms with Gasteiger partial charge < -0.3 is 30.2 Å². The van der Waals surface area contributed by atoms with Gasteiger partial charge in [0.25, 0.3) is 5.91 Å². The molecule has 0 radical (unpaired) electrons. The molecule has 9 nitrogen and oxygen atoms in total. The summed E-state index contributed by atoms with van der Waals surface area (Å²) in [5, 5.41) is 8.25. The summed E-state index contributed by atoms with van der Waals surface area (Å²) in [6.45, 7) is 1.24. The first-order valence-corrected chi connectivity index (χ1v) is 11.0. The summed E-state index contributed by atoms with van der Waals surface area (Å²) >= 11 is 0. The van der Waals surface area contributed by atoms with Gasteiger partial charge in [-0.05, 0) is 60.9 Å². The Morgan fingerprint density at radius 2 is 1.74 bits per heavy atom. The molecule has 0 aliphatic carbocycles. The second-order valence-corrected chi connectivity index (χ2v) is 7.56. The molecule has 0 saturated carbocycles. The van der Waals surface area contributed by atoms with E-state index in [-0.39, 0.29) is 23.8 Å². The van der Waals surface area contributed by atoms with Gasteiger partial charge in [0.2, 0.25) is 11.8 Å². The second kappa shape index (κ2) is 12.4. The van der Waals surface area contributed by atoms with Gasteiger partial charge in [-0.25, -0.2) is 0 Å². The predicted octanol–water partition coefficient (Wildman–Crippen LogP) is 2.38. The van der Waals surface area contributed by atoms with Gasteiger partial charge in [-0.15, -0.1) is 0 Å². The average molecular weight is 468 g/mol. The first-order chi connectivity index (χ1) is 16.5. The molecular formula is C25H29N3O6. The fourth-order valence-corrected chi connectivity index (χ4v) is 3.38. The molecule has 34 heavy (non-hydrogen) atoms. The molecule has 2 aromatic rings. The van der Waals surface area contributed by atoms with E-state index in [1.165, 1.54) is 6.08 Å². The molecule has 3 amide bonds. The summed E-state index contributed by atoms with van der Waals surface area (Å²) in [6, 6.07) is 11.9. The van der Waals surface area contributed by atoms with Crippen molar-refractivity contribution in [3.05, 3.63) is 59.7 Å². The highest BCUT2D eigenvalue weighted by Gasteiger charge is 2.22. The van der Waals surface area contributed by atoms with Crippen molar-refractivity contribution in [3.63, 3.8) is 0 Å². The van der Waals surface area contributed by atoms with Crippen molar-refractivity contribution < 1.29 is 28.6 Å². The van der Waals surface area contributed by atoms with Gasteiger partial charge in [0.15, 0.2) is 11.5 Å². The molecule has 3 N–H and O–H groups in total. The highest BCUT2D eigenvalue weighted by molar-refractivity contribution is 6.02. The first kappa shape index (κ1) is 24.8. The molecule has 1 aliphatic rings. The second-order valence-electron chi connectivity index (χ2n) is 7.56. The zero-order valence-electron chi connectivity index (χ0n) is 19.3. The topological polar surface area (TPSA) is 115 Å². The molecule has 2 aromatic carbocycles. The van der Waals surface area contributed by atoms with Gasteiger partial charge in [-0.3, -0.25) is 14.4 Å². The Morgan fingerprint density at radius 3 is 2.41 bits per heavy atom. The van der Waals surface area contributed by atoms with Crippen LogP contribution >= 0.6 is 0 Å². The number of rotatable bonds is 10. The van der Waals surface area contributed by atoms with Crippen LogP contribution in [0.1, 0.15) is 28.8 Å². The lowest BCUT2D eigenvalue weighted by molar-refractivity contribution is -0.130. The van der Waals surface area contributed by atoms with E-state index in [1.807, 2.05) is 6.07 Å². The minimum atomic E-state index is -0.382. The van der Waals surface area contributed by atoms with Crippen molar-refractivity contribution in [2.24, 2.45) is 0 Å². The van der Waals surface area contributed by atoms with Gasteiger partial charge in [-0.1, -0.05) is 6.07 Å². The summed E-state index contributed by atoms with van der Waals surface area (Å²) in [6.07, 6.45) is 4.31. The predicted molar refractivity (Wildman–Crippen MR) is 128 cm³/mol. The van der Waals surface area contributed by atoms with E-state index in [0.717, 1.165) is 18.4 Å². The number of nitrogens with one attached hydrogen (secondary N) is 3. The fourth-order valence-electron chi connectivity index (χ4n) is 3.38. The van der Waals surface area contributed by atoms with E-state index in [1.54, 1.807) is 56.7 Å². The summed E-state index contributed by atoms with van der Waals surface area (Å²) in [5.41, 5.74) is 1.79. The Bertz CT molecular complexity index is 1030. The minimum Gasteiger partial charge on any atom is -0.493 e. The lowest BCUT2D eigenvalue weighted by Crippen LogP contribution is -2.39. The van der Waals surface area contributed by atoms with Crippen LogP contribution in [0.2, 0.25) is 0 Å². The van der Waals surface area contributed by atoms with E-state index in [9.17, 15) is 14.4 Å². The number of anilines is 1. The van der Waals surface area contributed by atoms with Crippen LogP contribution in [-0.2, 0) is 14.3 Å². The number of carbonyl (C=O) groups is 3. The minimum absolute atomic E-state index is 0.146. The van der Waals surface area contributed by atoms with E-state index in [2.05, 4.69) is 16.0 Å². The Labute approximate surface area is 198 Å². The molecule has 1 heterocycles. The average Bonchev–Trinajstić information content (AvgIpc) is 3.40. The highest BCUT2D eigenvalue weighted by atomic mass is 16.5. The summed E-state index contributed by atoms with van der Waals surface area (Å²) in [7, 11) is 3.11. The standard InChI is InChI=1S/C25H29N3O6/c1-32-20-11-5-17(16-22(20)33-2)6-12-23(29)28-19-9-7-18(8-10-19)24(30)26-13-14-27-25(31)21-4-3-15-34-21/h5-12,16,21H,3-4,13-15H2,1-2H3,(H,26,30)(H,27,31)(H,28,29)/b12-6+. The lowest BCUT2D eigenvalue weighted by Gasteiger charge is -2.11. The van der Waals surface area contributed by atoms with Crippen LogP contribution in [-0.4, -0.2) is 57.7 Å². The molecule has 0 spiro atoms. The van der Waals surface area contributed by atoms with E-state index >= 15 is 0 Å². The normalized spacial score (nSPS) is 15.1. The Kier molecular flexibility index (Phi) is 9.04. The maximum absolute atomic E-state index is 12.3. The number of ether oxygens (including phenoxy) is 3. The van der Waals surface area contributed by atoms with Crippen molar-refractivity contribution in [2.75, 3.05) is 39.2 Å². The SMILES string of the molecule is COc1ccc(/C=C/C(=O)Nc2ccc(C(=O)NCCNC(=O)C3CCCO3)cc2)cc1OC. The van der Waals surface area contributed by atoms with Crippen LogP contribution in [0.15, 0.2) is 48.5 Å². The third kappa shape index (κ3) is 7.08. The molecule has 9 heteroatoms. The molecule has 1 unspecified atom stereocenters. The van der Waals surface area contributed by atoms with Crippen molar-refractivity contribution >= 4 is 29.5 Å². The van der Waals surface area contributed by atoms with Crippen molar-refractivity contribution in [1.82, 2.24) is 10.6 Å². The Morgan fingerprint density at radius 1 is 1.00 bits per heavy atom. The smallest absolute Gasteiger partial charge is 0.251 e. The number of hydrogen-bond acceptors (Lipinski definition) is 6. The molecule has 3 rings (SSSR count). The molecule has 180 valence electrons. The van der Waals surface area contributed by atoms with Crippen molar-refractivity contribution in [2.45, 2.75) is 18.9 Å². The third-order valence-corrected chi connectivity index (χ3v) is 5.18. The number of hydrogen-bond donors (Lipinski definition) is 3. The number of amides is 3. The third-order valence-electron chi connectivity index (χ3n) is 5.18. The lowest BCUT2D eigenvalue weighted by atomic mass is 10.1. The molecule has 1 aliphatic heterocycles. The van der Waals surface area contributed by atoms with E-state index in [0.29, 0.717) is 42.4 Å². The molecule has 1 atom stereocenters. The number of carbonyl (C=O) groups excluding carboxylic acids is 3. The van der Waals surface area contributed by atoms with Crippen LogP contribution in [0.5, 0.6) is 11.5 Å². The Hall–Kier alpha value is -3.85. The van der Waals surface area contributed by atoms with Crippen molar-refractivity contribution in [3.8, 4) is 11.5 Å². The molecule has 0 bridgehead atoms. The molecule has 0 aromatic heterocycles. The zero-order valence-corrected chi connectivity index (χ0v) is 19.3. The molecular weight excluding hydrogens is 438 g/mol. The maximum Gasteiger partial charge on any atom is 0.251 e. The van der Waals surface area contributed by atoms with Crippen molar-refractivity contribution in [1.29, 1.82) is 0 Å². The van der Waals surface area contributed by atoms with Crippen LogP contribution in [0, 0.1) is 0 Å². The van der Waals surface area contributed by atoms with Crippen LogP contribution < -0.4 is 25.4 Å². The number of benzene rings is 2. The van der Waals surface area contributed by atoms with Crippen LogP contribution in [0.25, 0.3) is 6.08 Å². The van der Waals surface area contributed by atoms with Gasteiger partial charge >= 0.3 is 0 Å². The largest absolute Gasteiger partial charge is 0.493 e. The van der Waals surface area contributed by atoms with E-state index < -0.39 is 0 Å². The Balaban J connectivity index is 1.43. The molecule has 1 saturated heterocycles. The first-order valence-electron chi connectivity index (χ1n) is 11.0. The van der Waals surface area contributed by atoms with E-state index in [4.69, 9.17) is 14.2 Å².